The molecule has 0 radical (unpaired) electrons. The summed E-state index contributed by atoms with van der Waals surface area (Å²) in [5.74, 6) is 0.896. The Labute approximate surface area is 153 Å². The van der Waals surface area contributed by atoms with Crippen LogP contribution in [0.3, 0.4) is 0 Å². The third kappa shape index (κ3) is 4.70. The van der Waals surface area contributed by atoms with E-state index in [-0.39, 0.29) is 41.8 Å². The summed E-state index contributed by atoms with van der Waals surface area (Å²) in [4.78, 5) is 4.23. The Hall–Kier alpha value is -1.57. The molecule has 1 heterocycles. The molecule has 1 aromatic carbocycles. The van der Waals surface area contributed by atoms with E-state index < -0.39 is 0 Å². The zero-order chi connectivity index (χ0) is 15.4. The number of hydrogen-bond donors (Lipinski definition) is 2. The fourth-order valence-electron chi connectivity index (χ4n) is 2.67. The summed E-state index contributed by atoms with van der Waals surface area (Å²) in [6, 6.07) is 11.3. The van der Waals surface area contributed by atoms with Crippen molar-refractivity contribution in [3.63, 3.8) is 0 Å². The highest BCUT2D eigenvalue weighted by molar-refractivity contribution is 14.0. The minimum Gasteiger partial charge on any atom is -0.355 e. The average molecular weight is 428 g/mol. The molecule has 2 atom stereocenters. The highest BCUT2D eigenvalue weighted by atomic mass is 127. The number of nitrogens with one attached hydrogen (secondary N) is 2. The zero-order valence-corrected chi connectivity index (χ0v) is 15.4. The van der Waals surface area contributed by atoms with Gasteiger partial charge in [-0.2, -0.15) is 0 Å². The van der Waals surface area contributed by atoms with Gasteiger partial charge in [-0.3, -0.25) is 4.99 Å². The van der Waals surface area contributed by atoms with Crippen LogP contribution in [0.1, 0.15) is 17.9 Å². The smallest absolute Gasteiger partial charge is 0.191 e. The molecule has 1 fully saturated rings. The lowest BCUT2D eigenvalue weighted by Gasteiger charge is -2.12. The van der Waals surface area contributed by atoms with E-state index in [0.29, 0.717) is 0 Å². The van der Waals surface area contributed by atoms with E-state index in [4.69, 9.17) is 0 Å². The zero-order valence-electron chi connectivity index (χ0n) is 13.1. The Morgan fingerprint density at radius 3 is 2.70 bits per heavy atom. The molecule has 0 aliphatic heterocycles. The first-order valence-corrected chi connectivity index (χ1v) is 7.60. The van der Waals surface area contributed by atoms with Gasteiger partial charge in [-0.1, -0.05) is 18.2 Å². The van der Waals surface area contributed by atoms with Crippen molar-refractivity contribution in [3.05, 3.63) is 60.2 Å². The SMILES string of the molecule is CN=C(NCCn1cccc1)NC1CC1c1ccccc1F.I. The standard InChI is InChI=1S/C17H21FN4.HI/c1-19-17(20-8-11-22-9-4-5-10-22)21-16-12-14(16)13-6-2-3-7-15(13)18;/h2-7,9-10,14,16H,8,11-12H2,1H3,(H2,19,20,21);1H. The van der Waals surface area contributed by atoms with Crippen molar-refractivity contribution in [2.45, 2.75) is 24.9 Å². The first-order chi connectivity index (χ1) is 10.8. The van der Waals surface area contributed by atoms with Crippen molar-refractivity contribution in [1.29, 1.82) is 0 Å². The minimum absolute atomic E-state index is 0. The van der Waals surface area contributed by atoms with Crippen molar-refractivity contribution in [1.82, 2.24) is 15.2 Å². The fourth-order valence-corrected chi connectivity index (χ4v) is 2.67. The van der Waals surface area contributed by atoms with Gasteiger partial charge < -0.3 is 15.2 Å². The molecule has 2 unspecified atom stereocenters. The maximum atomic E-state index is 13.8. The maximum absolute atomic E-state index is 13.8. The molecule has 0 spiro atoms. The van der Waals surface area contributed by atoms with Gasteiger partial charge in [0, 0.05) is 44.5 Å². The lowest BCUT2D eigenvalue weighted by atomic mass is 10.1. The Bertz CT molecular complexity index is 642. The lowest BCUT2D eigenvalue weighted by molar-refractivity contribution is 0.607. The Balaban J connectivity index is 0.00000192. The molecule has 3 rings (SSSR count). The van der Waals surface area contributed by atoms with Gasteiger partial charge in [-0.05, 0) is 30.2 Å². The number of aromatic nitrogens is 1. The number of rotatable bonds is 5. The van der Waals surface area contributed by atoms with Crippen LogP contribution < -0.4 is 10.6 Å². The van der Waals surface area contributed by atoms with E-state index in [1.807, 2.05) is 36.7 Å². The van der Waals surface area contributed by atoms with Crippen LogP contribution in [0.2, 0.25) is 0 Å². The van der Waals surface area contributed by atoms with E-state index in [1.54, 1.807) is 13.1 Å². The molecule has 0 bridgehead atoms. The number of aliphatic imine (C=N–C) groups is 1. The highest BCUT2D eigenvalue weighted by Crippen LogP contribution is 2.41. The molecule has 2 N–H and O–H groups in total. The van der Waals surface area contributed by atoms with E-state index in [0.717, 1.165) is 31.0 Å². The monoisotopic (exact) mass is 428 g/mol. The van der Waals surface area contributed by atoms with Crippen molar-refractivity contribution in [3.8, 4) is 0 Å². The average Bonchev–Trinajstić information content (AvgIpc) is 3.08. The molecule has 124 valence electrons. The van der Waals surface area contributed by atoms with Gasteiger partial charge in [0.2, 0.25) is 0 Å². The summed E-state index contributed by atoms with van der Waals surface area (Å²) >= 11 is 0. The normalized spacial score (nSPS) is 19.8. The van der Waals surface area contributed by atoms with Crippen LogP contribution in [0.25, 0.3) is 0 Å². The summed E-state index contributed by atoms with van der Waals surface area (Å²) < 4.78 is 15.9. The maximum Gasteiger partial charge on any atom is 0.191 e. The van der Waals surface area contributed by atoms with Gasteiger partial charge in [-0.15, -0.1) is 24.0 Å². The van der Waals surface area contributed by atoms with Gasteiger partial charge in [0.05, 0.1) is 0 Å². The molecule has 1 aromatic heterocycles. The molecule has 1 aliphatic carbocycles. The van der Waals surface area contributed by atoms with Crippen LogP contribution in [0.15, 0.2) is 53.8 Å². The van der Waals surface area contributed by atoms with Gasteiger partial charge in [0.1, 0.15) is 5.82 Å². The van der Waals surface area contributed by atoms with Crippen LogP contribution in [-0.2, 0) is 6.54 Å². The lowest BCUT2D eigenvalue weighted by Crippen LogP contribution is -2.40. The molecular weight excluding hydrogens is 406 g/mol. The highest BCUT2D eigenvalue weighted by Gasteiger charge is 2.40. The molecule has 1 saturated carbocycles. The summed E-state index contributed by atoms with van der Waals surface area (Å²) in [5, 5.41) is 6.65. The molecule has 2 aromatic rings. The topological polar surface area (TPSA) is 41.4 Å². The van der Waals surface area contributed by atoms with E-state index in [1.165, 1.54) is 6.07 Å². The van der Waals surface area contributed by atoms with Gasteiger partial charge in [-0.25, -0.2) is 4.39 Å². The van der Waals surface area contributed by atoms with Crippen LogP contribution in [0.4, 0.5) is 4.39 Å². The largest absolute Gasteiger partial charge is 0.355 e. The number of guanidine groups is 1. The Morgan fingerprint density at radius 1 is 1.26 bits per heavy atom. The van der Waals surface area contributed by atoms with Crippen LogP contribution in [0, 0.1) is 5.82 Å². The predicted molar refractivity (Wildman–Crippen MR) is 102 cm³/mol. The molecule has 0 saturated heterocycles. The number of hydrogen-bond acceptors (Lipinski definition) is 1. The summed E-state index contributed by atoms with van der Waals surface area (Å²) in [5.41, 5.74) is 0.794. The first-order valence-electron chi connectivity index (χ1n) is 7.60. The molecule has 1 aliphatic rings. The number of nitrogens with zero attached hydrogens (tertiary/aromatic N) is 2. The van der Waals surface area contributed by atoms with Crippen molar-refractivity contribution in [2.75, 3.05) is 13.6 Å². The summed E-state index contributed by atoms with van der Waals surface area (Å²) in [6.07, 6.45) is 5.01. The quantitative estimate of drug-likeness (QED) is 0.437. The third-order valence-electron chi connectivity index (χ3n) is 3.97. The summed E-state index contributed by atoms with van der Waals surface area (Å²) in [7, 11) is 1.76. The van der Waals surface area contributed by atoms with Gasteiger partial charge in [0.15, 0.2) is 5.96 Å². The molecular formula is C17H22FIN4. The molecule has 6 heteroatoms. The second-order valence-electron chi connectivity index (χ2n) is 5.53. The summed E-state index contributed by atoms with van der Waals surface area (Å²) in [6.45, 7) is 1.68. The van der Waals surface area contributed by atoms with Crippen LogP contribution >= 0.6 is 24.0 Å². The van der Waals surface area contributed by atoms with E-state index in [2.05, 4.69) is 20.2 Å². The van der Waals surface area contributed by atoms with E-state index >= 15 is 0 Å². The first kappa shape index (κ1) is 17.8. The Kier molecular flexibility index (Phi) is 6.44. The molecule has 0 amide bonds. The second kappa shape index (κ2) is 8.33. The number of benzene rings is 1. The van der Waals surface area contributed by atoms with Gasteiger partial charge >= 0.3 is 0 Å². The third-order valence-corrected chi connectivity index (χ3v) is 3.97. The second-order valence-corrected chi connectivity index (χ2v) is 5.53. The van der Waals surface area contributed by atoms with Crippen molar-refractivity contribution < 1.29 is 4.39 Å². The van der Waals surface area contributed by atoms with Crippen molar-refractivity contribution in [2.24, 2.45) is 4.99 Å². The molecule has 4 nitrogen and oxygen atoms in total. The van der Waals surface area contributed by atoms with Crippen molar-refractivity contribution >= 4 is 29.9 Å². The predicted octanol–water partition coefficient (Wildman–Crippen LogP) is 2.97. The Morgan fingerprint density at radius 2 is 2.00 bits per heavy atom. The van der Waals surface area contributed by atoms with Crippen LogP contribution in [-0.4, -0.2) is 30.2 Å². The van der Waals surface area contributed by atoms with E-state index in [9.17, 15) is 4.39 Å². The fraction of sp³-hybridized carbons (Fsp3) is 0.353. The molecule has 23 heavy (non-hydrogen) atoms. The minimum atomic E-state index is -0.118. The van der Waals surface area contributed by atoms with Crippen LogP contribution in [0.5, 0.6) is 0 Å². The number of halogens is 2. The van der Waals surface area contributed by atoms with Gasteiger partial charge in [0.25, 0.3) is 0 Å².